The highest BCUT2D eigenvalue weighted by Gasteiger charge is 2.34. The number of hydrogen-bond donors (Lipinski definition) is 0. The molecule has 3 atom stereocenters. The van der Waals surface area contributed by atoms with Crippen molar-refractivity contribution in [1.82, 2.24) is 4.90 Å². The third kappa shape index (κ3) is 2.28. The Morgan fingerprint density at radius 1 is 1.47 bits per heavy atom. The van der Waals surface area contributed by atoms with Crippen LogP contribution < -0.4 is 0 Å². The largest absolute Gasteiger partial charge is 0.381 e. The fourth-order valence-corrected chi connectivity index (χ4v) is 2.66. The molecule has 1 amide bonds. The van der Waals surface area contributed by atoms with Crippen molar-refractivity contribution in [1.29, 1.82) is 0 Å². The van der Waals surface area contributed by atoms with Crippen molar-refractivity contribution < 1.29 is 9.53 Å². The Morgan fingerprint density at radius 3 is 2.93 bits per heavy atom. The molecule has 0 spiro atoms. The number of likely N-dealkylation sites (tertiary alicyclic amines) is 1. The van der Waals surface area contributed by atoms with E-state index >= 15 is 0 Å². The minimum Gasteiger partial charge on any atom is -0.381 e. The molecule has 2 fully saturated rings. The van der Waals surface area contributed by atoms with E-state index in [1.54, 1.807) is 0 Å². The number of ether oxygens (including phenoxy) is 1. The number of amides is 1. The molecule has 2 heterocycles. The lowest BCUT2D eigenvalue weighted by atomic mass is 9.99. The van der Waals surface area contributed by atoms with Crippen molar-refractivity contribution in [2.24, 2.45) is 5.92 Å². The van der Waals surface area contributed by atoms with Gasteiger partial charge in [-0.2, -0.15) is 0 Å². The summed E-state index contributed by atoms with van der Waals surface area (Å²) in [5, 5.41) is 0.116. The molecule has 0 aromatic carbocycles. The lowest BCUT2D eigenvalue weighted by Gasteiger charge is -2.37. The molecule has 3 nitrogen and oxygen atoms in total. The number of piperidine rings is 1. The van der Waals surface area contributed by atoms with Crippen LogP contribution in [0.5, 0.6) is 0 Å². The first-order chi connectivity index (χ1) is 7.20. The van der Waals surface area contributed by atoms with Gasteiger partial charge in [-0.3, -0.25) is 4.79 Å². The number of alkyl halides is 1. The topological polar surface area (TPSA) is 29.5 Å². The van der Waals surface area contributed by atoms with Gasteiger partial charge in [0, 0.05) is 19.2 Å². The van der Waals surface area contributed by atoms with Gasteiger partial charge in [-0.05, 0) is 26.2 Å². The quantitative estimate of drug-likeness (QED) is 0.643. The van der Waals surface area contributed by atoms with Crippen molar-refractivity contribution in [2.75, 3.05) is 19.8 Å². The highest BCUT2D eigenvalue weighted by molar-refractivity contribution is 6.21. The molecule has 15 heavy (non-hydrogen) atoms. The van der Waals surface area contributed by atoms with Crippen LogP contribution in [0.4, 0.5) is 0 Å². The number of nitrogens with zero attached hydrogens (tertiary/aromatic N) is 1. The second-order valence-electron chi connectivity index (χ2n) is 4.49. The number of carbonyl (C=O) groups excluding carboxylic acids is 1. The highest BCUT2D eigenvalue weighted by atomic mass is 35.5. The van der Waals surface area contributed by atoms with Gasteiger partial charge in [0.25, 0.3) is 0 Å². The maximum Gasteiger partial charge on any atom is 0.228 e. The van der Waals surface area contributed by atoms with Crippen molar-refractivity contribution in [3.05, 3.63) is 0 Å². The first kappa shape index (κ1) is 11.2. The van der Waals surface area contributed by atoms with E-state index in [1.165, 1.54) is 0 Å². The smallest absolute Gasteiger partial charge is 0.228 e. The summed E-state index contributed by atoms with van der Waals surface area (Å²) in [7, 11) is 0. The molecule has 2 rings (SSSR count). The predicted molar refractivity (Wildman–Crippen MR) is 59.0 cm³/mol. The zero-order chi connectivity index (χ0) is 10.8. The Hall–Kier alpha value is -0.280. The van der Waals surface area contributed by atoms with Crippen LogP contribution in [0.25, 0.3) is 0 Å². The van der Waals surface area contributed by atoms with Gasteiger partial charge >= 0.3 is 0 Å². The first-order valence-corrected chi connectivity index (χ1v) is 6.16. The molecule has 0 bridgehead atoms. The van der Waals surface area contributed by atoms with E-state index in [0.29, 0.717) is 6.61 Å². The van der Waals surface area contributed by atoms with Gasteiger partial charge in [-0.25, -0.2) is 0 Å². The SMILES string of the molecule is CC1C(Cl)CCCN1C(=O)C1CCOC1. The molecule has 0 N–H and O–H groups in total. The Bertz CT molecular complexity index is 241. The molecule has 3 unspecified atom stereocenters. The van der Waals surface area contributed by atoms with Crippen LogP contribution in [0, 0.1) is 5.92 Å². The molecule has 0 aromatic rings. The second-order valence-corrected chi connectivity index (χ2v) is 5.05. The third-order valence-electron chi connectivity index (χ3n) is 3.46. The second kappa shape index (κ2) is 4.71. The van der Waals surface area contributed by atoms with Crippen LogP contribution in [0.3, 0.4) is 0 Å². The molecule has 0 saturated carbocycles. The average molecular weight is 232 g/mol. The van der Waals surface area contributed by atoms with Gasteiger partial charge in [0.15, 0.2) is 0 Å². The van der Waals surface area contributed by atoms with E-state index < -0.39 is 0 Å². The molecule has 2 aliphatic heterocycles. The standard InChI is InChI=1S/C11H18ClNO2/c1-8-10(12)3-2-5-13(8)11(14)9-4-6-15-7-9/h8-10H,2-7H2,1H3. The van der Waals surface area contributed by atoms with Crippen LogP contribution in [-0.2, 0) is 9.53 Å². The number of halogens is 1. The zero-order valence-electron chi connectivity index (χ0n) is 9.12. The fraction of sp³-hybridized carbons (Fsp3) is 0.909. The third-order valence-corrected chi connectivity index (χ3v) is 4.04. The molecular formula is C11H18ClNO2. The van der Waals surface area contributed by atoms with Crippen molar-refractivity contribution >= 4 is 17.5 Å². The van der Waals surface area contributed by atoms with E-state index in [2.05, 4.69) is 0 Å². The van der Waals surface area contributed by atoms with Crippen molar-refractivity contribution in [3.8, 4) is 0 Å². The fourth-order valence-electron chi connectivity index (χ4n) is 2.37. The molecule has 4 heteroatoms. The predicted octanol–water partition coefficient (Wildman–Crippen LogP) is 1.64. The molecular weight excluding hydrogens is 214 g/mol. The molecule has 0 aliphatic carbocycles. The summed E-state index contributed by atoms with van der Waals surface area (Å²) in [5.41, 5.74) is 0. The molecule has 0 radical (unpaired) electrons. The van der Waals surface area contributed by atoms with E-state index in [4.69, 9.17) is 16.3 Å². The maximum absolute atomic E-state index is 12.1. The van der Waals surface area contributed by atoms with Crippen molar-refractivity contribution in [3.63, 3.8) is 0 Å². The maximum atomic E-state index is 12.1. The Kier molecular flexibility index (Phi) is 3.52. The lowest BCUT2D eigenvalue weighted by Crippen LogP contribution is -2.49. The number of hydrogen-bond acceptors (Lipinski definition) is 2. The van der Waals surface area contributed by atoms with Crippen LogP contribution in [0.2, 0.25) is 0 Å². The molecule has 2 aliphatic rings. The summed E-state index contributed by atoms with van der Waals surface area (Å²) < 4.78 is 5.25. The minimum absolute atomic E-state index is 0.0782. The number of carbonyl (C=O) groups is 1. The van der Waals surface area contributed by atoms with E-state index in [-0.39, 0.29) is 23.2 Å². The lowest BCUT2D eigenvalue weighted by molar-refractivity contribution is -0.138. The van der Waals surface area contributed by atoms with Crippen LogP contribution >= 0.6 is 11.6 Å². The molecule has 0 aromatic heterocycles. The normalized spacial score (nSPS) is 36.9. The van der Waals surface area contributed by atoms with Gasteiger partial charge in [-0.1, -0.05) is 0 Å². The number of rotatable bonds is 1. The Balaban J connectivity index is 1.98. The average Bonchev–Trinajstić information content (AvgIpc) is 2.74. The molecule has 2 saturated heterocycles. The summed E-state index contributed by atoms with van der Waals surface area (Å²) in [4.78, 5) is 14.1. The summed E-state index contributed by atoms with van der Waals surface area (Å²) in [5.74, 6) is 0.319. The van der Waals surface area contributed by atoms with Gasteiger partial charge in [0.2, 0.25) is 5.91 Å². The highest BCUT2D eigenvalue weighted by Crippen LogP contribution is 2.25. The molecule has 86 valence electrons. The van der Waals surface area contributed by atoms with Gasteiger partial charge in [0.1, 0.15) is 0 Å². The zero-order valence-corrected chi connectivity index (χ0v) is 9.87. The van der Waals surface area contributed by atoms with Crippen LogP contribution in [0.15, 0.2) is 0 Å². The van der Waals surface area contributed by atoms with Gasteiger partial charge < -0.3 is 9.64 Å². The van der Waals surface area contributed by atoms with E-state index in [9.17, 15) is 4.79 Å². The minimum atomic E-state index is 0.0782. The summed E-state index contributed by atoms with van der Waals surface area (Å²) in [6, 6.07) is 0.175. The Labute approximate surface area is 95.7 Å². The van der Waals surface area contributed by atoms with E-state index in [0.717, 1.165) is 32.4 Å². The van der Waals surface area contributed by atoms with E-state index in [1.807, 2.05) is 11.8 Å². The summed E-state index contributed by atoms with van der Waals surface area (Å²) >= 11 is 6.19. The van der Waals surface area contributed by atoms with Crippen molar-refractivity contribution in [2.45, 2.75) is 37.6 Å². The van der Waals surface area contributed by atoms with Gasteiger partial charge in [0.05, 0.1) is 17.9 Å². The Morgan fingerprint density at radius 2 is 2.27 bits per heavy atom. The summed E-state index contributed by atoms with van der Waals surface area (Å²) in [6.45, 7) is 4.22. The monoisotopic (exact) mass is 231 g/mol. The summed E-state index contributed by atoms with van der Waals surface area (Å²) in [6.07, 6.45) is 2.92. The van der Waals surface area contributed by atoms with Crippen LogP contribution in [0.1, 0.15) is 26.2 Å². The first-order valence-electron chi connectivity index (χ1n) is 5.72. The van der Waals surface area contributed by atoms with Crippen LogP contribution in [-0.4, -0.2) is 42.0 Å². The van der Waals surface area contributed by atoms with Gasteiger partial charge in [-0.15, -0.1) is 11.6 Å².